The van der Waals surface area contributed by atoms with Gasteiger partial charge in [-0.25, -0.2) is 10.5 Å². The number of carbonyl (C=O) groups excluding carboxylic acids is 2. The molecule has 1 aliphatic heterocycles. The largest absolute Gasteiger partial charge is 0.474 e. The molecule has 8 heteroatoms. The van der Waals surface area contributed by atoms with E-state index in [2.05, 4.69) is 22.0 Å². The van der Waals surface area contributed by atoms with Gasteiger partial charge in [-0.2, -0.15) is 0 Å². The summed E-state index contributed by atoms with van der Waals surface area (Å²) in [6, 6.07) is 20.0. The van der Waals surface area contributed by atoms with Gasteiger partial charge >= 0.3 is 0 Å². The Kier molecular flexibility index (Phi) is 6.81. The molecule has 3 atom stereocenters. The van der Waals surface area contributed by atoms with Crippen molar-refractivity contribution in [3.05, 3.63) is 66.9 Å². The highest BCUT2D eigenvalue weighted by atomic mass is 16.5. The Morgan fingerprint density at radius 3 is 2.37 bits per heavy atom. The molecule has 0 spiro atoms. The maximum Gasteiger partial charge on any atom is 0.247 e. The number of fused-ring (bicyclic) bond motifs is 1. The number of rotatable bonds is 5. The van der Waals surface area contributed by atoms with Crippen LogP contribution in [0.3, 0.4) is 0 Å². The standard InChI is InChI=1S/C27H30N4O4/c32-26(29-34)24-17-22(35-25-16-19-6-4-5-7-20(19)18-28-25)10-11-23(24)27(33)31-14-12-30(13-15-31)21-8-2-1-3-9-21/h1-9,16,18,22-24,34H,10-15,17H2,(H,29,32). The van der Waals surface area contributed by atoms with Crippen LogP contribution in [0.4, 0.5) is 5.69 Å². The molecule has 3 unspecified atom stereocenters. The summed E-state index contributed by atoms with van der Waals surface area (Å²) in [5, 5.41) is 11.4. The summed E-state index contributed by atoms with van der Waals surface area (Å²) in [5.74, 6) is -1.19. The number of aromatic nitrogens is 1. The molecule has 2 fully saturated rings. The normalized spacial score (nSPS) is 22.6. The molecule has 1 aromatic heterocycles. The minimum atomic E-state index is -0.654. The van der Waals surface area contributed by atoms with Crippen LogP contribution in [0.2, 0.25) is 0 Å². The van der Waals surface area contributed by atoms with Gasteiger partial charge in [-0.15, -0.1) is 0 Å². The average molecular weight is 475 g/mol. The lowest BCUT2D eigenvalue weighted by Gasteiger charge is -2.40. The zero-order chi connectivity index (χ0) is 24.2. The molecule has 1 aliphatic carbocycles. The Morgan fingerprint density at radius 1 is 0.914 bits per heavy atom. The number of pyridine rings is 1. The smallest absolute Gasteiger partial charge is 0.247 e. The number of nitrogens with one attached hydrogen (secondary N) is 1. The van der Waals surface area contributed by atoms with Crippen LogP contribution in [0.15, 0.2) is 66.9 Å². The second-order valence-corrected chi connectivity index (χ2v) is 9.26. The van der Waals surface area contributed by atoms with Crippen molar-refractivity contribution in [3.63, 3.8) is 0 Å². The van der Waals surface area contributed by atoms with E-state index >= 15 is 0 Å². The molecule has 2 heterocycles. The van der Waals surface area contributed by atoms with E-state index in [9.17, 15) is 14.8 Å². The summed E-state index contributed by atoms with van der Waals surface area (Å²) >= 11 is 0. The van der Waals surface area contributed by atoms with E-state index in [0.717, 1.165) is 29.5 Å². The maximum atomic E-state index is 13.4. The number of anilines is 1. The maximum absolute atomic E-state index is 13.4. The summed E-state index contributed by atoms with van der Waals surface area (Å²) < 4.78 is 6.12. The monoisotopic (exact) mass is 474 g/mol. The number of piperazine rings is 1. The van der Waals surface area contributed by atoms with Gasteiger partial charge in [0.05, 0.1) is 11.8 Å². The molecule has 1 saturated heterocycles. The molecule has 182 valence electrons. The predicted octanol–water partition coefficient (Wildman–Crippen LogP) is 3.25. The topological polar surface area (TPSA) is 95.0 Å². The SMILES string of the molecule is O=C(NO)C1CC(Oc2cc3ccccc3cn2)CCC1C(=O)N1CCN(c2ccccc2)CC1. The van der Waals surface area contributed by atoms with Crippen molar-refractivity contribution in [1.29, 1.82) is 0 Å². The van der Waals surface area contributed by atoms with Crippen LogP contribution in [0, 0.1) is 11.8 Å². The number of hydroxylamine groups is 1. The van der Waals surface area contributed by atoms with Crippen molar-refractivity contribution >= 4 is 28.3 Å². The molecule has 3 aromatic rings. The van der Waals surface area contributed by atoms with Gasteiger partial charge in [0.1, 0.15) is 6.10 Å². The third-order valence-electron chi connectivity index (χ3n) is 7.17. The predicted molar refractivity (Wildman–Crippen MR) is 132 cm³/mol. The number of ether oxygens (including phenoxy) is 1. The number of amides is 2. The minimum Gasteiger partial charge on any atom is -0.474 e. The molecule has 35 heavy (non-hydrogen) atoms. The van der Waals surface area contributed by atoms with Crippen LogP contribution in [-0.4, -0.2) is 59.2 Å². The molecule has 0 radical (unpaired) electrons. The first-order valence-electron chi connectivity index (χ1n) is 12.2. The first-order chi connectivity index (χ1) is 17.1. The van der Waals surface area contributed by atoms with Crippen LogP contribution < -0.4 is 15.1 Å². The van der Waals surface area contributed by atoms with Gasteiger partial charge in [0.2, 0.25) is 17.7 Å². The molecule has 1 saturated carbocycles. The van der Waals surface area contributed by atoms with Crippen LogP contribution >= 0.6 is 0 Å². The van der Waals surface area contributed by atoms with Crippen LogP contribution in [-0.2, 0) is 9.59 Å². The fraction of sp³-hybridized carbons (Fsp3) is 0.370. The summed E-state index contributed by atoms with van der Waals surface area (Å²) in [5.41, 5.74) is 2.92. The van der Waals surface area contributed by atoms with E-state index < -0.39 is 17.7 Å². The van der Waals surface area contributed by atoms with E-state index in [4.69, 9.17) is 4.74 Å². The highest BCUT2D eigenvalue weighted by molar-refractivity contribution is 5.87. The van der Waals surface area contributed by atoms with Crippen LogP contribution in [0.25, 0.3) is 10.8 Å². The molecule has 2 amide bonds. The van der Waals surface area contributed by atoms with E-state index in [1.807, 2.05) is 53.4 Å². The van der Waals surface area contributed by atoms with Crippen molar-refractivity contribution in [2.45, 2.75) is 25.4 Å². The Balaban J connectivity index is 1.23. The summed E-state index contributed by atoms with van der Waals surface area (Å²) in [4.78, 5) is 34.5. The van der Waals surface area contributed by atoms with Crippen molar-refractivity contribution in [3.8, 4) is 5.88 Å². The fourth-order valence-corrected chi connectivity index (χ4v) is 5.26. The Bertz CT molecular complexity index is 1180. The van der Waals surface area contributed by atoms with E-state index in [1.54, 1.807) is 11.7 Å². The summed E-state index contributed by atoms with van der Waals surface area (Å²) in [6.45, 7) is 2.72. The van der Waals surface area contributed by atoms with Gasteiger partial charge < -0.3 is 14.5 Å². The highest BCUT2D eigenvalue weighted by Crippen LogP contribution is 2.34. The molecule has 5 rings (SSSR count). The fourth-order valence-electron chi connectivity index (χ4n) is 5.26. The number of para-hydroxylation sites is 1. The Labute approximate surface area is 204 Å². The second kappa shape index (κ2) is 10.3. The number of benzene rings is 2. The second-order valence-electron chi connectivity index (χ2n) is 9.26. The number of hydrogen-bond acceptors (Lipinski definition) is 6. The zero-order valence-electron chi connectivity index (χ0n) is 19.5. The number of carbonyl (C=O) groups is 2. The third kappa shape index (κ3) is 5.07. The van der Waals surface area contributed by atoms with Crippen LogP contribution in [0.5, 0.6) is 5.88 Å². The summed E-state index contributed by atoms with van der Waals surface area (Å²) in [7, 11) is 0. The van der Waals surface area contributed by atoms with E-state index in [-0.39, 0.29) is 12.0 Å². The van der Waals surface area contributed by atoms with Crippen molar-refractivity contribution in [1.82, 2.24) is 15.4 Å². The van der Waals surface area contributed by atoms with Gasteiger partial charge in [0, 0.05) is 49.5 Å². The number of hydrogen-bond donors (Lipinski definition) is 2. The first-order valence-corrected chi connectivity index (χ1v) is 12.2. The third-order valence-corrected chi connectivity index (χ3v) is 7.17. The molecule has 0 bridgehead atoms. The van der Waals surface area contributed by atoms with Gasteiger partial charge in [-0.3, -0.25) is 14.8 Å². The zero-order valence-corrected chi connectivity index (χ0v) is 19.5. The van der Waals surface area contributed by atoms with Gasteiger partial charge in [-0.05, 0) is 36.8 Å². The molecular formula is C27H30N4O4. The lowest BCUT2D eigenvalue weighted by Crippen LogP contribution is -2.53. The summed E-state index contributed by atoms with van der Waals surface area (Å²) in [6.07, 6.45) is 3.02. The Morgan fingerprint density at radius 2 is 1.63 bits per heavy atom. The van der Waals surface area contributed by atoms with E-state index in [1.165, 1.54) is 0 Å². The van der Waals surface area contributed by atoms with Crippen molar-refractivity contribution in [2.24, 2.45) is 11.8 Å². The average Bonchev–Trinajstić information content (AvgIpc) is 2.92. The van der Waals surface area contributed by atoms with E-state index in [0.29, 0.717) is 38.2 Å². The lowest BCUT2D eigenvalue weighted by atomic mass is 9.76. The number of nitrogens with zero attached hydrogens (tertiary/aromatic N) is 3. The van der Waals surface area contributed by atoms with Gasteiger partial charge in [0.15, 0.2) is 0 Å². The van der Waals surface area contributed by atoms with Crippen molar-refractivity contribution < 1.29 is 19.5 Å². The van der Waals surface area contributed by atoms with Crippen molar-refractivity contribution in [2.75, 3.05) is 31.1 Å². The quantitative estimate of drug-likeness (QED) is 0.436. The molecule has 2 aromatic carbocycles. The molecule has 8 nitrogen and oxygen atoms in total. The molecule has 2 N–H and O–H groups in total. The first kappa shape index (κ1) is 23.1. The molecular weight excluding hydrogens is 444 g/mol. The highest BCUT2D eigenvalue weighted by Gasteiger charge is 2.42. The van der Waals surface area contributed by atoms with Gasteiger partial charge in [0.25, 0.3) is 0 Å². The molecule has 2 aliphatic rings. The van der Waals surface area contributed by atoms with Gasteiger partial charge in [-0.1, -0.05) is 42.5 Å². The van der Waals surface area contributed by atoms with Crippen LogP contribution in [0.1, 0.15) is 19.3 Å². The lowest BCUT2D eigenvalue weighted by molar-refractivity contribution is -0.148. The minimum absolute atomic E-state index is 0.0198. The Hall–Kier alpha value is -3.65.